The topological polar surface area (TPSA) is 84.7 Å². The Balaban J connectivity index is 1.58. The van der Waals surface area contributed by atoms with Crippen molar-refractivity contribution in [3.05, 3.63) is 42.4 Å². The van der Waals surface area contributed by atoms with Gasteiger partial charge in [0.05, 0.1) is 6.33 Å². The Morgan fingerprint density at radius 2 is 2.04 bits per heavy atom. The highest BCUT2D eigenvalue weighted by atomic mass is 32.2. The van der Waals surface area contributed by atoms with Crippen LogP contribution in [0.3, 0.4) is 0 Å². The molecular weight excluding hydrogens is 368 g/mol. The Morgan fingerprint density at radius 1 is 1.22 bits per heavy atom. The monoisotopic (exact) mass is 392 g/mol. The van der Waals surface area contributed by atoms with E-state index in [0.29, 0.717) is 31.8 Å². The van der Waals surface area contributed by atoms with Gasteiger partial charge < -0.3 is 14.2 Å². The van der Waals surface area contributed by atoms with Crippen LogP contribution in [-0.2, 0) is 21.9 Å². The molecule has 1 saturated heterocycles. The van der Waals surface area contributed by atoms with E-state index in [2.05, 4.69) is 4.98 Å². The van der Waals surface area contributed by atoms with Crippen LogP contribution < -0.4 is 4.74 Å². The van der Waals surface area contributed by atoms with E-state index >= 15 is 0 Å². The van der Waals surface area contributed by atoms with Crippen molar-refractivity contribution in [2.24, 2.45) is 7.05 Å². The molecule has 9 heteroatoms. The fourth-order valence-electron chi connectivity index (χ4n) is 2.98. The summed E-state index contributed by atoms with van der Waals surface area (Å²) in [5.74, 6) is 0.506. The fourth-order valence-corrected chi connectivity index (χ4v) is 4.42. The van der Waals surface area contributed by atoms with Crippen molar-refractivity contribution in [2.45, 2.75) is 18.4 Å². The maximum Gasteiger partial charge on any atom is 0.262 e. The highest BCUT2D eigenvalue weighted by Crippen LogP contribution is 2.16. The lowest BCUT2D eigenvalue weighted by atomic mass is 10.2. The molecule has 27 heavy (non-hydrogen) atoms. The lowest BCUT2D eigenvalue weighted by molar-refractivity contribution is -0.133. The van der Waals surface area contributed by atoms with Crippen molar-refractivity contribution in [2.75, 3.05) is 32.8 Å². The average molecular weight is 392 g/mol. The summed E-state index contributed by atoms with van der Waals surface area (Å²) in [5.41, 5.74) is 1.06. The summed E-state index contributed by atoms with van der Waals surface area (Å²) in [6.45, 7) is 3.35. The molecule has 1 amide bonds. The molecule has 1 aliphatic heterocycles. The summed E-state index contributed by atoms with van der Waals surface area (Å²) >= 11 is 0. The summed E-state index contributed by atoms with van der Waals surface area (Å²) in [6.07, 6.45) is 3.52. The van der Waals surface area contributed by atoms with E-state index < -0.39 is 10.0 Å². The van der Waals surface area contributed by atoms with Gasteiger partial charge in [-0.1, -0.05) is 12.1 Å². The first-order chi connectivity index (χ1) is 12.9. The number of imidazole rings is 1. The lowest BCUT2D eigenvalue weighted by Gasteiger charge is -2.21. The van der Waals surface area contributed by atoms with Gasteiger partial charge in [0.2, 0.25) is 0 Å². The summed E-state index contributed by atoms with van der Waals surface area (Å²) in [4.78, 5) is 18.1. The van der Waals surface area contributed by atoms with Gasteiger partial charge in [-0.05, 0) is 31.0 Å². The Kier molecular flexibility index (Phi) is 5.81. The molecule has 0 saturated carbocycles. The van der Waals surface area contributed by atoms with Crippen LogP contribution in [0.25, 0.3) is 0 Å². The molecule has 0 atom stereocenters. The third kappa shape index (κ3) is 4.67. The highest BCUT2D eigenvalue weighted by Gasteiger charge is 2.29. The Bertz CT molecular complexity index is 910. The van der Waals surface area contributed by atoms with Crippen LogP contribution >= 0.6 is 0 Å². The summed E-state index contributed by atoms with van der Waals surface area (Å²) in [6, 6.07) is 7.52. The molecule has 1 aromatic heterocycles. The standard InChI is InChI=1S/C18H24N4O4S/c1-15-5-3-6-16(11-15)26-13-18(23)21-7-4-8-22(10-9-21)27(24,25)17-12-20(2)14-19-17/h3,5-6,11-12,14H,4,7-10,13H2,1-2H3. The molecule has 0 aliphatic carbocycles. The second-order valence-corrected chi connectivity index (χ2v) is 8.51. The molecule has 0 spiro atoms. The largest absolute Gasteiger partial charge is 0.484 e. The molecule has 2 aromatic rings. The Labute approximate surface area is 159 Å². The number of amides is 1. The summed E-state index contributed by atoms with van der Waals surface area (Å²) in [5, 5.41) is 0.0348. The molecule has 8 nitrogen and oxygen atoms in total. The SMILES string of the molecule is Cc1cccc(OCC(=O)N2CCCN(S(=O)(=O)c3cn(C)cn3)CC2)c1. The van der Waals surface area contributed by atoms with E-state index in [4.69, 9.17) is 4.74 Å². The van der Waals surface area contributed by atoms with Crippen LogP contribution in [0.15, 0.2) is 41.8 Å². The third-order valence-electron chi connectivity index (χ3n) is 4.44. The molecule has 1 fully saturated rings. The molecule has 0 N–H and O–H groups in total. The van der Waals surface area contributed by atoms with E-state index in [9.17, 15) is 13.2 Å². The average Bonchev–Trinajstić information content (AvgIpc) is 2.92. The number of aromatic nitrogens is 2. The van der Waals surface area contributed by atoms with Gasteiger partial charge in [0, 0.05) is 39.4 Å². The minimum absolute atomic E-state index is 0.0348. The molecule has 1 aromatic carbocycles. The molecule has 146 valence electrons. The number of benzene rings is 1. The van der Waals surface area contributed by atoms with Crippen molar-refractivity contribution in [3.63, 3.8) is 0 Å². The predicted octanol–water partition coefficient (Wildman–Crippen LogP) is 1.03. The van der Waals surface area contributed by atoms with Gasteiger partial charge in [-0.2, -0.15) is 4.31 Å². The number of carbonyl (C=O) groups is 1. The van der Waals surface area contributed by atoms with Gasteiger partial charge >= 0.3 is 0 Å². The number of ether oxygens (including phenoxy) is 1. The molecule has 2 heterocycles. The van der Waals surface area contributed by atoms with E-state index in [-0.39, 0.29) is 24.1 Å². The number of carbonyl (C=O) groups excluding carboxylic acids is 1. The first kappa shape index (κ1) is 19.4. The van der Waals surface area contributed by atoms with E-state index in [1.54, 1.807) is 16.5 Å². The zero-order valence-corrected chi connectivity index (χ0v) is 16.4. The number of rotatable bonds is 5. The molecule has 0 bridgehead atoms. The first-order valence-electron chi connectivity index (χ1n) is 8.81. The number of nitrogens with zero attached hydrogens (tertiary/aromatic N) is 4. The molecule has 0 radical (unpaired) electrons. The van der Waals surface area contributed by atoms with Crippen LogP contribution in [0.2, 0.25) is 0 Å². The molecular formula is C18H24N4O4S. The smallest absolute Gasteiger partial charge is 0.262 e. The normalized spacial score (nSPS) is 16.1. The fraction of sp³-hybridized carbons (Fsp3) is 0.444. The van der Waals surface area contributed by atoms with Gasteiger partial charge in [0.15, 0.2) is 11.6 Å². The summed E-state index contributed by atoms with van der Waals surface area (Å²) < 4.78 is 34.0. The Hall–Kier alpha value is -2.39. The zero-order valence-electron chi connectivity index (χ0n) is 15.5. The lowest BCUT2D eigenvalue weighted by Crippen LogP contribution is -2.39. The van der Waals surface area contributed by atoms with Crippen LogP contribution in [0.5, 0.6) is 5.75 Å². The van der Waals surface area contributed by atoms with Gasteiger partial charge in [-0.15, -0.1) is 0 Å². The van der Waals surface area contributed by atoms with Gasteiger partial charge in [0.1, 0.15) is 5.75 Å². The van der Waals surface area contributed by atoms with Crippen LogP contribution in [-0.4, -0.2) is 65.9 Å². The molecule has 3 rings (SSSR count). The van der Waals surface area contributed by atoms with Crippen molar-refractivity contribution < 1.29 is 17.9 Å². The van der Waals surface area contributed by atoms with Crippen molar-refractivity contribution in [1.29, 1.82) is 0 Å². The number of hydrogen-bond donors (Lipinski definition) is 0. The third-order valence-corrected chi connectivity index (χ3v) is 6.23. The zero-order chi connectivity index (χ0) is 19.4. The van der Waals surface area contributed by atoms with E-state index in [1.807, 2.05) is 31.2 Å². The van der Waals surface area contributed by atoms with Crippen molar-refractivity contribution >= 4 is 15.9 Å². The van der Waals surface area contributed by atoms with Crippen molar-refractivity contribution in [1.82, 2.24) is 18.8 Å². The van der Waals surface area contributed by atoms with Crippen LogP contribution in [0, 0.1) is 6.92 Å². The second kappa shape index (κ2) is 8.10. The number of sulfonamides is 1. The second-order valence-electron chi connectivity index (χ2n) is 6.62. The minimum Gasteiger partial charge on any atom is -0.484 e. The first-order valence-corrected chi connectivity index (χ1v) is 10.3. The molecule has 1 aliphatic rings. The van der Waals surface area contributed by atoms with Crippen molar-refractivity contribution in [3.8, 4) is 5.75 Å². The van der Waals surface area contributed by atoms with Gasteiger partial charge in [0.25, 0.3) is 15.9 Å². The summed E-state index contributed by atoms with van der Waals surface area (Å²) in [7, 11) is -1.92. The maximum atomic E-state index is 12.7. The maximum absolute atomic E-state index is 12.7. The highest BCUT2D eigenvalue weighted by molar-refractivity contribution is 7.89. The number of aryl methyl sites for hydroxylation is 2. The van der Waals surface area contributed by atoms with E-state index in [1.165, 1.54) is 16.8 Å². The molecule has 0 unspecified atom stereocenters. The van der Waals surface area contributed by atoms with Crippen LogP contribution in [0.1, 0.15) is 12.0 Å². The minimum atomic E-state index is -3.64. The van der Waals surface area contributed by atoms with Gasteiger partial charge in [-0.25, -0.2) is 13.4 Å². The predicted molar refractivity (Wildman–Crippen MR) is 99.8 cm³/mol. The van der Waals surface area contributed by atoms with E-state index in [0.717, 1.165) is 5.56 Å². The quantitative estimate of drug-likeness (QED) is 0.759. The number of hydrogen-bond acceptors (Lipinski definition) is 5. The van der Waals surface area contributed by atoms with Gasteiger partial charge in [-0.3, -0.25) is 4.79 Å². The van der Waals surface area contributed by atoms with Crippen LogP contribution in [0.4, 0.5) is 0 Å². The Morgan fingerprint density at radius 3 is 2.74 bits per heavy atom.